The molecule has 1 rings (SSSR count). The van der Waals surface area contributed by atoms with Crippen molar-refractivity contribution in [3.63, 3.8) is 0 Å². The van der Waals surface area contributed by atoms with Gasteiger partial charge in [0.2, 0.25) is 0 Å². The lowest BCUT2D eigenvalue weighted by atomic mass is 10.1. The fourth-order valence-corrected chi connectivity index (χ4v) is 1.03. The van der Waals surface area contributed by atoms with Crippen molar-refractivity contribution in [1.82, 2.24) is 0 Å². The average molecular weight is 181 g/mol. The second-order valence-corrected chi connectivity index (χ2v) is 2.43. The minimum Gasteiger partial charge on any atom is -0.496 e. The van der Waals surface area contributed by atoms with E-state index >= 15 is 0 Å². The van der Waals surface area contributed by atoms with Crippen molar-refractivity contribution in [3.05, 3.63) is 29.8 Å². The quantitative estimate of drug-likeness (QED) is 0.550. The average Bonchev–Trinajstić information content (AvgIpc) is 2.18. The number of rotatable bonds is 4. The third-order valence-electron chi connectivity index (χ3n) is 1.62. The Hall–Kier alpha value is -1.39. The molecule has 1 aromatic carbocycles. The summed E-state index contributed by atoms with van der Waals surface area (Å²) in [7, 11) is 1.51. The lowest BCUT2D eigenvalue weighted by molar-refractivity contribution is 0.0760. The predicted octanol–water partition coefficient (Wildman–Crippen LogP) is 0.768. The second-order valence-electron chi connectivity index (χ2n) is 2.43. The Morgan fingerprint density at radius 3 is 2.77 bits per heavy atom. The van der Waals surface area contributed by atoms with E-state index in [-0.39, 0.29) is 12.4 Å². The van der Waals surface area contributed by atoms with Gasteiger partial charge in [-0.15, -0.1) is 0 Å². The van der Waals surface area contributed by atoms with Gasteiger partial charge in [0.1, 0.15) is 12.4 Å². The first-order valence-corrected chi connectivity index (χ1v) is 3.77. The van der Waals surface area contributed by atoms with E-state index in [1.165, 1.54) is 7.11 Å². The van der Waals surface area contributed by atoms with Crippen molar-refractivity contribution in [1.29, 1.82) is 0 Å². The number of ketones is 1. The highest BCUT2D eigenvalue weighted by Gasteiger charge is 2.10. The minimum atomic E-state index is -0.194. The zero-order valence-corrected chi connectivity index (χ0v) is 7.32. The Morgan fingerprint density at radius 1 is 1.46 bits per heavy atom. The van der Waals surface area contributed by atoms with Gasteiger partial charge >= 0.3 is 0 Å². The molecule has 2 N–H and O–H groups in total. The summed E-state index contributed by atoms with van der Waals surface area (Å²) in [5.41, 5.74) is 0.482. The molecule has 0 saturated heterocycles. The molecule has 0 saturated carbocycles. The van der Waals surface area contributed by atoms with Gasteiger partial charge in [0.25, 0.3) is 0 Å². The molecule has 0 heterocycles. The maximum atomic E-state index is 11.3. The number of para-hydroxylation sites is 1. The van der Waals surface area contributed by atoms with Crippen LogP contribution in [0.3, 0.4) is 0 Å². The summed E-state index contributed by atoms with van der Waals surface area (Å²) in [6.45, 7) is -0.139. The summed E-state index contributed by atoms with van der Waals surface area (Å²) in [5.74, 6) is 5.13. The molecular weight excluding hydrogens is 170 g/mol. The smallest absolute Gasteiger partial charge is 0.194 e. The van der Waals surface area contributed by atoms with Crippen LogP contribution in [0, 0.1) is 0 Å². The van der Waals surface area contributed by atoms with Crippen LogP contribution in [0.25, 0.3) is 0 Å². The van der Waals surface area contributed by atoms with Gasteiger partial charge in [-0.25, -0.2) is 5.90 Å². The Bertz CT molecular complexity index is 299. The van der Waals surface area contributed by atoms with E-state index in [1.807, 2.05) is 0 Å². The molecule has 0 aliphatic rings. The van der Waals surface area contributed by atoms with E-state index in [1.54, 1.807) is 24.3 Å². The Labute approximate surface area is 76.2 Å². The molecule has 0 radical (unpaired) electrons. The fourth-order valence-electron chi connectivity index (χ4n) is 1.03. The van der Waals surface area contributed by atoms with Gasteiger partial charge in [-0.2, -0.15) is 0 Å². The predicted molar refractivity (Wildman–Crippen MR) is 47.5 cm³/mol. The van der Waals surface area contributed by atoms with Crippen molar-refractivity contribution in [3.8, 4) is 5.75 Å². The molecule has 0 atom stereocenters. The first-order valence-electron chi connectivity index (χ1n) is 3.77. The van der Waals surface area contributed by atoms with Crippen molar-refractivity contribution in [2.24, 2.45) is 5.90 Å². The molecule has 4 heteroatoms. The largest absolute Gasteiger partial charge is 0.496 e. The van der Waals surface area contributed by atoms with E-state index in [4.69, 9.17) is 10.6 Å². The topological polar surface area (TPSA) is 61.5 Å². The van der Waals surface area contributed by atoms with Gasteiger partial charge in [0.15, 0.2) is 5.78 Å². The van der Waals surface area contributed by atoms with Gasteiger partial charge < -0.3 is 4.74 Å². The summed E-state index contributed by atoms with van der Waals surface area (Å²) < 4.78 is 5.00. The number of nitrogens with two attached hydrogens (primary N) is 1. The third kappa shape index (κ3) is 2.27. The van der Waals surface area contributed by atoms with Crippen LogP contribution in [0.5, 0.6) is 5.75 Å². The standard InChI is InChI=1S/C9H11NO3/c1-12-9-5-3-2-4-7(9)8(11)6-13-10/h2-5H,6,10H2,1H3. The molecule has 0 amide bonds. The van der Waals surface area contributed by atoms with E-state index < -0.39 is 0 Å². The Morgan fingerprint density at radius 2 is 2.15 bits per heavy atom. The van der Waals surface area contributed by atoms with Crippen LogP contribution in [0.4, 0.5) is 0 Å². The minimum absolute atomic E-state index is 0.139. The van der Waals surface area contributed by atoms with Gasteiger partial charge in [-0.1, -0.05) is 12.1 Å². The SMILES string of the molecule is COc1ccccc1C(=O)CON. The molecule has 0 aromatic heterocycles. The molecule has 0 unspecified atom stereocenters. The zero-order valence-electron chi connectivity index (χ0n) is 7.32. The highest BCUT2D eigenvalue weighted by molar-refractivity contribution is 5.99. The molecule has 70 valence electrons. The number of hydrogen-bond acceptors (Lipinski definition) is 4. The molecule has 0 bridgehead atoms. The molecule has 13 heavy (non-hydrogen) atoms. The van der Waals surface area contributed by atoms with Crippen LogP contribution in [0.15, 0.2) is 24.3 Å². The van der Waals surface area contributed by atoms with Gasteiger partial charge in [-0.3, -0.25) is 9.63 Å². The number of benzene rings is 1. The molecule has 0 fully saturated rings. The zero-order chi connectivity index (χ0) is 9.68. The van der Waals surface area contributed by atoms with Crippen molar-refractivity contribution < 1.29 is 14.4 Å². The Kier molecular flexibility index (Phi) is 3.42. The van der Waals surface area contributed by atoms with Crippen molar-refractivity contribution in [2.45, 2.75) is 0 Å². The normalized spacial score (nSPS) is 9.69. The summed E-state index contributed by atoms with van der Waals surface area (Å²) in [4.78, 5) is 15.6. The van der Waals surface area contributed by atoms with Crippen molar-refractivity contribution >= 4 is 5.78 Å². The number of ether oxygens (including phenoxy) is 1. The van der Waals surface area contributed by atoms with Gasteiger partial charge in [0.05, 0.1) is 12.7 Å². The molecule has 0 aliphatic carbocycles. The number of hydrogen-bond donors (Lipinski definition) is 1. The maximum absolute atomic E-state index is 11.3. The number of carbonyl (C=O) groups is 1. The monoisotopic (exact) mass is 181 g/mol. The van der Waals surface area contributed by atoms with Crippen LogP contribution in [0.2, 0.25) is 0 Å². The first kappa shape index (κ1) is 9.70. The van der Waals surface area contributed by atoms with Crippen LogP contribution in [-0.4, -0.2) is 19.5 Å². The Balaban J connectivity index is 2.92. The lowest BCUT2D eigenvalue weighted by Gasteiger charge is -2.05. The second kappa shape index (κ2) is 4.59. The van der Waals surface area contributed by atoms with Crippen LogP contribution >= 0.6 is 0 Å². The summed E-state index contributed by atoms with van der Waals surface area (Å²) in [6, 6.07) is 6.93. The van der Waals surface area contributed by atoms with Gasteiger partial charge in [0, 0.05) is 0 Å². The number of Topliss-reactive ketones (excluding diaryl/α,β-unsaturated/α-hetero) is 1. The van der Waals surface area contributed by atoms with E-state index in [0.29, 0.717) is 11.3 Å². The number of carbonyl (C=O) groups excluding carboxylic acids is 1. The number of methoxy groups -OCH3 is 1. The van der Waals surface area contributed by atoms with Gasteiger partial charge in [-0.05, 0) is 12.1 Å². The fraction of sp³-hybridized carbons (Fsp3) is 0.222. The molecule has 4 nitrogen and oxygen atoms in total. The molecular formula is C9H11NO3. The molecule has 0 spiro atoms. The van der Waals surface area contributed by atoms with Crippen LogP contribution in [0.1, 0.15) is 10.4 Å². The summed E-state index contributed by atoms with van der Waals surface area (Å²) in [6.07, 6.45) is 0. The molecule has 0 aliphatic heterocycles. The summed E-state index contributed by atoms with van der Waals surface area (Å²) in [5, 5.41) is 0. The van der Waals surface area contributed by atoms with E-state index in [2.05, 4.69) is 4.84 Å². The third-order valence-corrected chi connectivity index (χ3v) is 1.62. The molecule has 1 aromatic rings. The first-order chi connectivity index (χ1) is 6.29. The van der Waals surface area contributed by atoms with E-state index in [0.717, 1.165) is 0 Å². The highest BCUT2D eigenvalue weighted by Crippen LogP contribution is 2.17. The summed E-state index contributed by atoms with van der Waals surface area (Å²) >= 11 is 0. The maximum Gasteiger partial charge on any atom is 0.194 e. The van der Waals surface area contributed by atoms with E-state index in [9.17, 15) is 4.79 Å². The van der Waals surface area contributed by atoms with Crippen molar-refractivity contribution in [2.75, 3.05) is 13.7 Å². The highest BCUT2D eigenvalue weighted by atomic mass is 16.6. The lowest BCUT2D eigenvalue weighted by Crippen LogP contribution is -2.13. The van der Waals surface area contributed by atoms with Crippen LogP contribution in [-0.2, 0) is 4.84 Å². The van der Waals surface area contributed by atoms with Crippen LogP contribution < -0.4 is 10.6 Å².